The first kappa shape index (κ1) is 13.2. The first-order valence-corrected chi connectivity index (χ1v) is 6.56. The number of benzene rings is 1. The zero-order valence-electron chi connectivity index (χ0n) is 10.9. The molecule has 1 fully saturated rings. The lowest BCUT2D eigenvalue weighted by molar-refractivity contribution is 0.233. The Bertz CT molecular complexity index is 594. The predicted molar refractivity (Wildman–Crippen MR) is 70.0 cm³/mol. The minimum Gasteiger partial charge on any atom is -0.356 e. The Labute approximate surface area is 115 Å². The summed E-state index contributed by atoms with van der Waals surface area (Å²) < 4.78 is 32.2. The minimum absolute atomic E-state index is 0.118. The van der Waals surface area contributed by atoms with E-state index in [1.54, 1.807) is 6.20 Å². The van der Waals surface area contributed by atoms with Gasteiger partial charge in [-0.05, 0) is 18.2 Å². The molecule has 1 aliphatic rings. The van der Waals surface area contributed by atoms with Crippen LogP contribution in [-0.4, -0.2) is 36.2 Å². The molecule has 2 heterocycles. The second-order valence-electron chi connectivity index (χ2n) is 4.83. The van der Waals surface area contributed by atoms with Crippen molar-refractivity contribution in [1.29, 1.82) is 0 Å². The van der Waals surface area contributed by atoms with Gasteiger partial charge in [0, 0.05) is 38.3 Å². The van der Waals surface area contributed by atoms with Crippen molar-refractivity contribution >= 4 is 0 Å². The van der Waals surface area contributed by atoms with Gasteiger partial charge in [-0.2, -0.15) is 0 Å². The van der Waals surface area contributed by atoms with Gasteiger partial charge in [-0.1, -0.05) is 5.16 Å². The maximum atomic E-state index is 13.8. The molecule has 2 aromatic rings. The van der Waals surface area contributed by atoms with E-state index >= 15 is 0 Å². The van der Waals surface area contributed by atoms with Crippen molar-refractivity contribution in [2.75, 3.05) is 26.2 Å². The van der Waals surface area contributed by atoms with Crippen molar-refractivity contribution < 1.29 is 13.3 Å². The van der Waals surface area contributed by atoms with Crippen LogP contribution in [-0.2, 0) is 6.54 Å². The molecule has 1 N–H and O–H groups in total. The Kier molecular flexibility index (Phi) is 3.75. The highest BCUT2D eigenvalue weighted by atomic mass is 19.1. The molecule has 1 aliphatic heterocycles. The van der Waals surface area contributed by atoms with Gasteiger partial charge in [0.2, 0.25) is 0 Å². The highest BCUT2D eigenvalue weighted by Crippen LogP contribution is 2.28. The van der Waals surface area contributed by atoms with Crippen LogP contribution in [0.5, 0.6) is 0 Å². The van der Waals surface area contributed by atoms with Gasteiger partial charge in [0.05, 0.1) is 11.8 Å². The Morgan fingerprint density at radius 3 is 2.85 bits per heavy atom. The number of halogens is 2. The molecule has 3 rings (SSSR count). The van der Waals surface area contributed by atoms with Crippen molar-refractivity contribution in [3.05, 3.63) is 41.6 Å². The maximum absolute atomic E-state index is 13.8. The monoisotopic (exact) mass is 279 g/mol. The summed E-state index contributed by atoms with van der Waals surface area (Å²) in [6.45, 7) is 4.30. The van der Waals surface area contributed by atoms with Crippen LogP contribution in [0.25, 0.3) is 11.3 Å². The molecule has 6 heteroatoms. The van der Waals surface area contributed by atoms with E-state index < -0.39 is 11.6 Å². The van der Waals surface area contributed by atoms with Gasteiger partial charge in [-0.25, -0.2) is 8.78 Å². The Balaban J connectivity index is 1.87. The number of aromatic nitrogens is 1. The largest absolute Gasteiger partial charge is 0.356 e. The highest BCUT2D eigenvalue weighted by Gasteiger charge is 2.19. The summed E-state index contributed by atoms with van der Waals surface area (Å²) >= 11 is 0. The quantitative estimate of drug-likeness (QED) is 0.933. The van der Waals surface area contributed by atoms with Gasteiger partial charge >= 0.3 is 0 Å². The molecule has 0 atom stereocenters. The molecule has 20 heavy (non-hydrogen) atoms. The van der Waals surface area contributed by atoms with Crippen molar-refractivity contribution in [2.45, 2.75) is 6.54 Å². The lowest BCUT2D eigenvalue weighted by atomic mass is 10.1. The Morgan fingerprint density at radius 2 is 2.05 bits per heavy atom. The maximum Gasteiger partial charge on any atom is 0.174 e. The molecule has 1 saturated heterocycles. The molecule has 0 amide bonds. The van der Waals surface area contributed by atoms with Gasteiger partial charge in [-0.15, -0.1) is 0 Å². The van der Waals surface area contributed by atoms with Crippen molar-refractivity contribution in [2.24, 2.45) is 0 Å². The summed E-state index contributed by atoms with van der Waals surface area (Å²) in [5, 5.41) is 7.00. The zero-order chi connectivity index (χ0) is 13.9. The summed E-state index contributed by atoms with van der Waals surface area (Å²) in [6.07, 6.45) is 1.57. The molecule has 0 aliphatic carbocycles. The fraction of sp³-hybridized carbons (Fsp3) is 0.357. The van der Waals surface area contributed by atoms with Crippen LogP contribution >= 0.6 is 0 Å². The lowest BCUT2D eigenvalue weighted by Gasteiger charge is -2.26. The van der Waals surface area contributed by atoms with Crippen LogP contribution in [0.3, 0.4) is 0 Å². The number of nitrogens with one attached hydrogen (secondary N) is 1. The smallest absolute Gasteiger partial charge is 0.174 e. The third-order valence-electron chi connectivity index (χ3n) is 3.42. The van der Waals surface area contributed by atoms with Gasteiger partial charge in [0.15, 0.2) is 5.76 Å². The number of nitrogens with zero attached hydrogens (tertiary/aromatic N) is 2. The lowest BCUT2D eigenvalue weighted by Crippen LogP contribution is -2.42. The number of piperazine rings is 1. The molecular weight excluding hydrogens is 264 g/mol. The number of rotatable bonds is 3. The van der Waals surface area contributed by atoms with Gasteiger partial charge in [0.1, 0.15) is 11.6 Å². The summed E-state index contributed by atoms with van der Waals surface area (Å²) in [4.78, 5) is 2.23. The van der Waals surface area contributed by atoms with E-state index in [4.69, 9.17) is 4.52 Å². The summed E-state index contributed by atoms with van der Waals surface area (Å²) in [5.41, 5.74) is 0.893. The fourth-order valence-corrected chi connectivity index (χ4v) is 2.38. The van der Waals surface area contributed by atoms with Crippen molar-refractivity contribution in [3.8, 4) is 11.3 Å². The minimum atomic E-state index is -0.510. The third kappa shape index (κ3) is 2.71. The van der Waals surface area contributed by atoms with Crippen LogP contribution in [0.15, 0.2) is 28.9 Å². The normalized spacial score (nSPS) is 16.5. The third-order valence-corrected chi connectivity index (χ3v) is 3.42. The molecule has 0 unspecified atom stereocenters. The second kappa shape index (κ2) is 5.68. The Morgan fingerprint density at radius 1 is 1.25 bits per heavy atom. The van der Waals surface area contributed by atoms with E-state index in [2.05, 4.69) is 15.4 Å². The Hall–Kier alpha value is -1.79. The fourth-order valence-electron chi connectivity index (χ4n) is 2.38. The van der Waals surface area contributed by atoms with Crippen LogP contribution in [0, 0.1) is 11.6 Å². The summed E-state index contributed by atoms with van der Waals surface area (Å²) in [5.74, 6) is -0.698. The first-order chi connectivity index (χ1) is 9.74. The molecule has 4 nitrogen and oxygen atoms in total. The zero-order valence-corrected chi connectivity index (χ0v) is 10.9. The predicted octanol–water partition coefficient (Wildman–Crippen LogP) is 2.02. The SMILES string of the molecule is Fc1ccc(F)c(-c2oncc2CN2CCNCC2)c1. The van der Waals surface area contributed by atoms with E-state index in [1.807, 2.05) is 0 Å². The standard InChI is InChI=1S/C14H15F2N3O/c15-11-1-2-13(16)12(7-11)14-10(8-18-20-14)9-19-5-3-17-4-6-19/h1-2,7-8,17H,3-6,9H2. The number of hydrogen-bond donors (Lipinski definition) is 1. The second-order valence-corrected chi connectivity index (χ2v) is 4.83. The highest BCUT2D eigenvalue weighted by molar-refractivity contribution is 5.61. The van der Waals surface area contributed by atoms with E-state index in [9.17, 15) is 8.78 Å². The molecule has 1 aromatic carbocycles. The molecule has 0 radical (unpaired) electrons. The van der Waals surface area contributed by atoms with E-state index in [0.717, 1.165) is 49.9 Å². The first-order valence-electron chi connectivity index (χ1n) is 6.56. The van der Waals surface area contributed by atoms with Gasteiger partial charge in [0.25, 0.3) is 0 Å². The van der Waals surface area contributed by atoms with E-state index in [0.29, 0.717) is 12.3 Å². The van der Waals surface area contributed by atoms with Gasteiger partial charge in [-0.3, -0.25) is 4.90 Å². The number of hydrogen-bond acceptors (Lipinski definition) is 4. The van der Waals surface area contributed by atoms with E-state index in [1.165, 1.54) is 0 Å². The molecule has 0 spiro atoms. The molecular formula is C14H15F2N3O. The molecule has 0 bridgehead atoms. The van der Waals surface area contributed by atoms with Crippen LogP contribution in [0.1, 0.15) is 5.56 Å². The van der Waals surface area contributed by atoms with Crippen LogP contribution in [0.4, 0.5) is 8.78 Å². The molecule has 1 aromatic heterocycles. The topological polar surface area (TPSA) is 41.3 Å². The average Bonchev–Trinajstić information content (AvgIpc) is 2.91. The average molecular weight is 279 g/mol. The van der Waals surface area contributed by atoms with Crippen molar-refractivity contribution in [1.82, 2.24) is 15.4 Å². The molecule has 106 valence electrons. The summed E-state index contributed by atoms with van der Waals surface area (Å²) in [7, 11) is 0. The van der Waals surface area contributed by atoms with Crippen LogP contribution < -0.4 is 5.32 Å². The molecule has 0 saturated carbocycles. The van der Waals surface area contributed by atoms with Crippen LogP contribution in [0.2, 0.25) is 0 Å². The van der Waals surface area contributed by atoms with Crippen molar-refractivity contribution in [3.63, 3.8) is 0 Å². The van der Waals surface area contributed by atoms with E-state index in [-0.39, 0.29) is 5.56 Å². The summed E-state index contributed by atoms with van der Waals surface area (Å²) in [6, 6.07) is 3.32. The van der Waals surface area contributed by atoms with Gasteiger partial charge < -0.3 is 9.84 Å².